The minimum absolute atomic E-state index is 0.512. The standard InChI is InChI=1S/C17H19N5O/c1-23-14-8-6-13(7-9-14)22-17-15(10-20-22)16(18-11-19-17)21-12-4-2-3-5-12/h6-12H,2-5H2,1H3,(H,18,19,21). The van der Waals surface area contributed by atoms with Crippen LogP contribution in [0.5, 0.6) is 5.75 Å². The zero-order valence-electron chi connectivity index (χ0n) is 13.1. The van der Waals surface area contributed by atoms with Crippen LogP contribution in [0, 0.1) is 0 Å². The van der Waals surface area contributed by atoms with Crippen LogP contribution in [0.3, 0.4) is 0 Å². The van der Waals surface area contributed by atoms with Gasteiger partial charge in [0.1, 0.15) is 17.9 Å². The number of anilines is 1. The minimum Gasteiger partial charge on any atom is -0.497 e. The molecule has 1 N–H and O–H groups in total. The molecule has 0 radical (unpaired) electrons. The molecule has 0 unspecified atom stereocenters. The summed E-state index contributed by atoms with van der Waals surface area (Å²) in [6.07, 6.45) is 8.42. The first kappa shape index (κ1) is 14.0. The van der Waals surface area contributed by atoms with Crippen LogP contribution >= 0.6 is 0 Å². The predicted octanol–water partition coefficient (Wildman–Crippen LogP) is 3.18. The van der Waals surface area contributed by atoms with E-state index in [1.54, 1.807) is 13.4 Å². The zero-order valence-corrected chi connectivity index (χ0v) is 13.1. The Bertz CT molecular complexity index is 805. The van der Waals surface area contributed by atoms with Crippen molar-refractivity contribution >= 4 is 16.9 Å². The van der Waals surface area contributed by atoms with Crippen molar-refractivity contribution in [3.05, 3.63) is 36.8 Å². The highest BCUT2D eigenvalue weighted by Crippen LogP contribution is 2.26. The Kier molecular flexibility index (Phi) is 3.57. The van der Waals surface area contributed by atoms with E-state index in [1.165, 1.54) is 25.7 Å². The van der Waals surface area contributed by atoms with Gasteiger partial charge in [0.15, 0.2) is 5.65 Å². The molecule has 4 rings (SSSR count). The number of fused-ring (bicyclic) bond motifs is 1. The minimum atomic E-state index is 0.512. The van der Waals surface area contributed by atoms with Crippen LogP contribution in [0.15, 0.2) is 36.8 Å². The van der Waals surface area contributed by atoms with Gasteiger partial charge in [-0.25, -0.2) is 14.6 Å². The molecule has 0 saturated heterocycles. The Hall–Kier alpha value is -2.63. The molecule has 0 atom stereocenters. The first-order valence-corrected chi connectivity index (χ1v) is 7.95. The summed E-state index contributed by atoms with van der Waals surface area (Å²) >= 11 is 0. The normalized spacial score (nSPS) is 15.2. The third-order valence-corrected chi connectivity index (χ3v) is 4.38. The monoisotopic (exact) mass is 309 g/mol. The Labute approximate surface area is 134 Å². The molecule has 3 aromatic rings. The lowest BCUT2D eigenvalue weighted by atomic mass is 10.2. The van der Waals surface area contributed by atoms with Gasteiger partial charge in [0.05, 0.1) is 24.4 Å². The fourth-order valence-electron chi connectivity index (χ4n) is 3.13. The molecular formula is C17H19N5O. The van der Waals surface area contributed by atoms with Crippen molar-refractivity contribution in [3.8, 4) is 11.4 Å². The van der Waals surface area contributed by atoms with Crippen molar-refractivity contribution in [1.29, 1.82) is 0 Å². The first-order chi connectivity index (χ1) is 11.3. The number of aromatic nitrogens is 4. The van der Waals surface area contributed by atoms with Crippen LogP contribution in [0.1, 0.15) is 25.7 Å². The van der Waals surface area contributed by atoms with Crippen molar-refractivity contribution in [2.75, 3.05) is 12.4 Å². The van der Waals surface area contributed by atoms with Crippen molar-refractivity contribution < 1.29 is 4.74 Å². The predicted molar refractivity (Wildman–Crippen MR) is 89.1 cm³/mol. The van der Waals surface area contributed by atoms with Crippen LogP contribution in [0.2, 0.25) is 0 Å². The van der Waals surface area contributed by atoms with Gasteiger partial charge in [-0.15, -0.1) is 0 Å². The summed E-state index contributed by atoms with van der Waals surface area (Å²) in [5.41, 5.74) is 1.76. The topological polar surface area (TPSA) is 64.9 Å². The zero-order chi connectivity index (χ0) is 15.6. The molecular weight excluding hydrogens is 290 g/mol. The van der Waals surface area contributed by atoms with E-state index in [9.17, 15) is 0 Å². The van der Waals surface area contributed by atoms with E-state index in [4.69, 9.17) is 4.74 Å². The van der Waals surface area contributed by atoms with Gasteiger partial charge in [0, 0.05) is 6.04 Å². The maximum absolute atomic E-state index is 5.20. The van der Waals surface area contributed by atoms with E-state index >= 15 is 0 Å². The van der Waals surface area contributed by atoms with E-state index < -0.39 is 0 Å². The maximum Gasteiger partial charge on any atom is 0.168 e. The van der Waals surface area contributed by atoms with Crippen molar-refractivity contribution in [2.24, 2.45) is 0 Å². The van der Waals surface area contributed by atoms with Crippen molar-refractivity contribution in [1.82, 2.24) is 19.7 Å². The van der Waals surface area contributed by atoms with Gasteiger partial charge >= 0.3 is 0 Å². The molecule has 0 spiro atoms. The summed E-state index contributed by atoms with van der Waals surface area (Å²) in [6, 6.07) is 8.29. The molecule has 1 aliphatic rings. The molecule has 118 valence electrons. The van der Waals surface area contributed by atoms with Gasteiger partial charge in [-0.2, -0.15) is 5.10 Å². The second kappa shape index (κ2) is 5.87. The molecule has 2 heterocycles. The molecule has 1 aliphatic carbocycles. The Morgan fingerprint density at radius 2 is 1.91 bits per heavy atom. The van der Waals surface area contributed by atoms with Gasteiger partial charge in [0.25, 0.3) is 0 Å². The summed E-state index contributed by atoms with van der Waals surface area (Å²) in [6.45, 7) is 0. The maximum atomic E-state index is 5.20. The third kappa shape index (κ3) is 2.60. The number of benzene rings is 1. The lowest BCUT2D eigenvalue weighted by molar-refractivity contribution is 0.414. The Morgan fingerprint density at radius 3 is 2.65 bits per heavy atom. The molecule has 23 heavy (non-hydrogen) atoms. The SMILES string of the molecule is COc1ccc(-n2ncc3c(NC4CCCC4)ncnc32)cc1. The highest BCUT2D eigenvalue weighted by molar-refractivity contribution is 5.87. The summed E-state index contributed by atoms with van der Waals surface area (Å²) in [4.78, 5) is 8.82. The number of hydrogen-bond acceptors (Lipinski definition) is 5. The summed E-state index contributed by atoms with van der Waals surface area (Å²) in [7, 11) is 1.66. The number of ether oxygens (including phenoxy) is 1. The average molecular weight is 309 g/mol. The van der Waals surface area contributed by atoms with Crippen molar-refractivity contribution in [2.45, 2.75) is 31.7 Å². The lowest BCUT2D eigenvalue weighted by Gasteiger charge is -2.12. The number of rotatable bonds is 4. The number of methoxy groups -OCH3 is 1. The highest BCUT2D eigenvalue weighted by atomic mass is 16.5. The van der Waals surface area contributed by atoms with Crippen molar-refractivity contribution in [3.63, 3.8) is 0 Å². The van der Waals surface area contributed by atoms with Gasteiger partial charge in [-0.3, -0.25) is 0 Å². The number of nitrogens with zero attached hydrogens (tertiary/aromatic N) is 4. The van der Waals surface area contributed by atoms with E-state index in [0.29, 0.717) is 6.04 Å². The second-order valence-corrected chi connectivity index (χ2v) is 5.84. The molecule has 2 aromatic heterocycles. The largest absolute Gasteiger partial charge is 0.497 e. The number of hydrogen-bond donors (Lipinski definition) is 1. The van der Waals surface area contributed by atoms with E-state index in [1.807, 2.05) is 35.1 Å². The second-order valence-electron chi connectivity index (χ2n) is 5.84. The van der Waals surface area contributed by atoms with Gasteiger partial charge in [0.2, 0.25) is 0 Å². The van der Waals surface area contributed by atoms with E-state index in [2.05, 4.69) is 20.4 Å². The molecule has 1 aromatic carbocycles. The quantitative estimate of drug-likeness (QED) is 0.802. The molecule has 0 bridgehead atoms. The molecule has 6 heteroatoms. The van der Waals surface area contributed by atoms with E-state index in [0.717, 1.165) is 28.3 Å². The summed E-state index contributed by atoms with van der Waals surface area (Å²) in [5, 5.41) is 8.99. The van der Waals surface area contributed by atoms with E-state index in [-0.39, 0.29) is 0 Å². The molecule has 6 nitrogen and oxygen atoms in total. The first-order valence-electron chi connectivity index (χ1n) is 7.95. The van der Waals surface area contributed by atoms with Gasteiger partial charge in [-0.05, 0) is 37.1 Å². The van der Waals surface area contributed by atoms with Crippen LogP contribution in [-0.2, 0) is 0 Å². The number of nitrogens with one attached hydrogen (secondary N) is 1. The smallest absolute Gasteiger partial charge is 0.168 e. The van der Waals surface area contributed by atoms with Crippen LogP contribution in [0.4, 0.5) is 5.82 Å². The molecule has 1 fully saturated rings. The van der Waals surface area contributed by atoms with Crippen LogP contribution < -0.4 is 10.1 Å². The summed E-state index contributed by atoms with van der Waals surface area (Å²) in [5.74, 6) is 1.70. The van der Waals surface area contributed by atoms with Gasteiger partial charge < -0.3 is 10.1 Å². The Morgan fingerprint density at radius 1 is 1.13 bits per heavy atom. The Balaban J connectivity index is 1.71. The highest BCUT2D eigenvalue weighted by Gasteiger charge is 2.18. The molecule has 1 saturated carbocycles. The average Bonchev–Trinajstić information content (AvgIpc) is 3.25. The lowest BCUT2D eigenvalue weighted by Crippen LogP contribution is -2.15. The molecule has 0 aliphatic heterocycles. The summed E-state index contributed by atoms with van der Waals surface area (Å²) < 4.78 is 7.03. The third-order valence-electron chi connectivity index (χ3n) is 4.38. The fourth-order valence-corrected chi connectivity index (χ4v) is 3.13. The van der Waals surface area contributed by atoms with Gasteiger partial charge in [-0.1, -0.05) is 12.8 Å². The van der Waals surface area contributed by atoms with Crippen LogP contribution in [-0.4, -0.2) is 32.9 Å². The van der Waals surface area contributed by atoms with Crippen LogP contribution in [0.25, 0.3) is 16.7 Å². The fraction of sp³-hybridized carbons (Fsp3) is 0.353. The molecule has 0 amide bonds.